The smallest absolute Gasteiger partial charge is 0.383 e. The monoisotopic (exact) mass is 464 g/mol. The van der Waals surface area contributed by atoms with Crippen molar-refractivity contribution in [3.8, 4) is 0 Å². The summed E-state index contributed by atoms with van der Waals surface area (Å²) in [4.78, 5) is 11.6. The number of hydrogen-bond donors (Lipinski definition) is 3. The first-order valence-corrected chi connectivity index (χ1v) is 10.5. The Balaban J connectivity index is 2.28. The van der Waals surface area contributed by atoms with Crippen molar-refractivity contribution in [2.75, 3.05) is 10.6 Å². The van der Waals surface area contributed by atoms with Crippen LogP contribution in [0.15, 0.2) is 52.3 Å². The minimum absolute atomic E-state index is 0.00957. The van der Waals surface area contributed by atoms with Crippen molar-refractivity contribution in [2.45, 2.75) is 48.4 Å². The van der Waals surface area contributed by atoms with Gasteiger partial charge in [-0.2, -0.15) is 13.2 Å². The summed E-state index contributed by atoms with van der Waals surface area (Å²) in [7, 11) is -3.96. The summed E-state index contributed by atoms with van der Waals surface area (Å²) < 4.78 is 63.9. The molecule has 0 aliphatic rings. The molecule has 0 aliphatic heterocycles. The number of amides is 1. The Morgan fingerprint density at radius 3 is 2.07 bits per heavy atom. The molecular formula is C19H20ClF3N2O4S. The number of nitrogens with one attached hydrogen (secondary N) is 2. The number of sulfone groups is 1. The Morgan fingerprint density at radius 2 is 1.60 bits per heavy atom. The Kier molecular flexibility index (Phi) is 6.75. The largest absolute Gasteiger partial charge is 0.426 e. The number of anilines is 2. The molecule has 30 heavy (non-hydrogen) atoms. The zero-order valence-electron chi connectivity index (χ0n) is 16.2. The molecule has 11 heteroatoms. The zero-order valence-corrected chi connectivity index (χ0v) is 17.8. The third kappa shape index (κ3) is 5.05. The third-order valence-electron chi connectivity index (χ3n) is 4.11. The number of carbonyl (C=O) groups excluding carboxylic acids is 1. The van der Waals surface area contributed by atoms with Gasteiger partial charge in [0.25, 0.3) is 5.91 Å². The van der Waals surface area contributed by atoms with Crippen LogP contribution in [0.2, 0.25) is 5.02 Å². The molecule has 164 valence electrons. The summed E-state index contributed by atoms with van der Waals surface area (Å²) in [6.07, 6.45) is -5.20. The maximum Gasteiger partial charge on any atom is 0.426 e. The highest BCUT2D eigenvalue weighted by molar-refractivity contribution is 7.91. The minimum atomic E-state index is -5.20. The van der Waals surface area contributed by atoms with Gasteiger partial charge in [0.15, 0.2) is 0 Å². The van der Waals surface area contributed by atoms with E-state index in [-0.39, 0.29) is 26.5 Å². The van der Waals surface area contributed by atoms with Gasteiger partial charge in [0.05, 0.1) is 20.5 Å². The van der Waals surface area contributed by atoms with Gasteiger partial charge in [-0.05, 0) is 63.2 Å². The number of halogens is 4. The lowest BCUT2D eigenvalue weighted by molar-refractivity contribution is -0.242. The van der Waals surface area contributed by atoms with E-state index in [2.05, 4.69) is 5.32 Å². The predicted octanol–water partition coefficient (Wildman–Crippen LogP) is 4.24. The summed E-state index contributed by atoms with van der Waals surface area (Å²) in [5.74, 6) is -1.75. The molecule has 3 N–H and O–H groups in total. The topological polar surface area (TPSA) is 95.5 Å². The van der Waals surface area contributed by atoms with E-state index in [0.29, 0.717) is 6.92 Å². The molecular weight excluding hydrogens is 445 g/mol. The number of aliphatic hydroxyl groups is 1. The van der Waals surface area contributed by atoms with Gasteiger partial charge in [-0.1, -0.05) is 11.6 Å². The van der Waals surface area contributed by atoms with E-state index in [1.807, 2.05) is 19.2 Å². The second-order valence-electron chi connectivity index (χ2n) is 6.99. The Hall–Kier alpha value is -2.30. The second kappa shape index (κ2) is 8.44. The molecule has 0 spiro atoms. The van der Waals surface area contributed by atoms with Crippen LogP contribution in [0.25, 0.3) is 0 Å². The van der Waals surface area contributed by atoms with Crippen LogP contribution in [0, 0.1) is 0 Å². The quantitative estimate of drug-likeness (QED) is 0.594. The van der Waals surface area contributed by atoms with Crippen molar-refractivity contribution in [3.05, 3.63) is 47.5 Å². The molecule has 0 aromatic heterocycles. The SMILES string of the molecule is CC(C)Nc1ccc(S(=O)(=O)c2ccc(NC(=O)[C@@](C)(O)C(F)(F)F)c(Cl)c2)cc1. The Labute approximate surface area is 177 Å². The summed E-state index contributed by atoms with van der Waals surface area (Å²) in [6, 6.07) is 9.33. The van der Waals surface area contributed by atoms with Crippen molar-refractivity contribution in [2.24, 2.45) is 0 Å². The predicted molar refractivity (Wildman–Crippen MR) is 107 cm³/mol. The summed E-state index contributed by atoms with van der Waals surface area (Å²) in [5, 5.41) is 14.1. The van der Waals surface area contributed by atoms with E-state index < -0.39 is 27.5 Å². The van der Waals surface area contributed by atoms with Gasteiger partial charge >= 0.3 is 6.18 Å². The van der Waals surface area contributed by atoms with Gasteiger partial charge < -0.3 is 15.7 Å². The van der Waals surface area contributed by atoms with Crippen LogP contribution in [0.3, 0.4) is 0 Å². The molecule has 0 saturated carbocycles. The standard InChI is InChI=1S/C19H20ClF3N2O4S/c1-11(2)24-12-4-6-13(7-5-12)30(28,29)14-8-9-16(15(20)10-14)25-17(26)18(3,27)19(21,22)23/h4-11,24,27H,1-3H3,(H,25,26)/t18-/m1/s1. The molecule has 0 fully saturated rings. The molecule has 0 aliphatic carbocycles. The molecule has 1 amide bonds. The third-order valence-corrected chi connectivity index (χ3v) is 6.19. The molecule has 1 atom stereocenters. The molecule has 6 nitrogen and oxygen atoms in total. The molecule has 0 unspecified atom stereocenters. The minimum Gasteiger partial charge on any atom is -0.383 e. The molecule has 2 aromatic carbocycles. The van der Waals surface area contributed by atoms with Crippen LogP contribution < -0.4 is 10.6 Å². The lowest BCUT2D eigenvalue weighted by Gasteiger charge is -2.25. The van der Waals surface area contributed by atoms with Gasteiger partial charge in [-0.3, -0.25) is 4.79 Å². The first-order valence-electron chi connectivity index (χ1n) is 8.68. The van der Waals surface area contributed by atoms with E-state index in [1.54, 1.807) is 12.1 Å². The number of hydrogen-bond acceptors (Lipinski definition) is 5. The van der Waals surface area contributed by atoms with E-state index in [4.69, 9.17) is 11.6 Å². The zero-order chi connectivity index (χ0) is 22.9. The average Bonchev–Trinajstić information content (AvgIpc) is 2.62. The molecule has 0 saturated heterocycles. The maximum absolute atomic E-state index is 12.8. The van der Waals surface area contributed by atoms with E-state index in [9.17, 15) is 31.5 Å². The van der Waals surface area contributed by atoms with Gasteiger partial charge in [0, 0.05) is 11.7 Å². The lowest BCUT2D eigenvalue weighted by Crippen LogP contribution is -2.52. The van der Waals surface area contributed by atoms with Crippen molar-refractivity contribution in [1.82, 2.24) is 0 Å². The highest BCUT2D eigenvalue weighted by Crippen LogP contribution is 2.33. The van der Waals surface area contributed by atoms with Crippen LogP contribution >= 0.6 is 11.6 Å². The van der Waals surface area contributed by atoms with Crippen LogP contribution in [0.4, 0.5) is 24.5 Å². The summed E-state index contributed by atoms with van der Waals surface area (Å²) in [5.41, 5.74) is -3.19. The van der Waals surface area contributed by atoms with Crippen LogP contribution in [-0.4, -0.2) is 37.3 Å². The summed E-state index contributed by atoms with van der Waals surface area (Å²) in [6.45, 7) is 4.16. The molecule has 0 radical (unpaired) electrons. The fourth-order valence-corrected chi connectivity index (χ4v) is 3.92. The van der Waals surface area contributed by atoms with Gasteiger partial charge in [-0.15, -0.1) is 0 Å². The second-order valence-corrected chi connectivity index (χ2v) is 9.35. The Bertz CT molecular complexity index is 1040. The first-order chi connectivity index (χ1) is 13.7. The highest BCUT2D eigenvalue weighted by Gasteiger charge is 2.55. The van der Waals surface area contributed by atoms with Gasteiger partial charge in [-0.25, -0.2) is 8.42 Å². The number of carbonyl (C=O) groups is 1. The Morgan fingerprint density at radius 1 is 1.07 bits per heavy atom. The fraction of sp³-hybridized carbons (Fsp3) is 0.316. The lowest BCUT2D eigenvalue weighted by atomic mass is 10.1. The number of rotatable bonds is 6. The first kappa shape index (κ1) is 24.0. The molecule has 0 heterocycles. The normalized spacial score (nSPS) is 14.3. The van der Waals surface area contributed by atoms with Crippen molar-refractivity contribution < 1.29 is 31.5 Å². The number of benzene rings is 2. The molecule has 2 aromatic rings. The van der Waals surface area contributed by atoms with Gasteiger partial charge in [0.2, 0.25) is 15.4 Å². The number of alkyl halides is 3. The van der Waals surface area contributed by atoms with Crippen LogP contribution in [0.1, 0.15) is 20.8 Å². The van der Waals surface area contributed by atoms with E-state index in [0.717, 1.165) is 23.9 Å². The van der Waals surface area contributed by atoms with Gasteiger partial charge in [0.1, 0.15) is 0 Å². The van der Waals surface area contributed by atoms with Crippen LogP contribution in [-0.2, 0) is 14.6 Å². The average molecular weight is 465 g/mol. The fourth-order valence-electron chi connectivity index (χ4n) is 2.34. The molecule has 0 bridgehead atoms. The van der Waals surface area contributed by atoms with Crippen molar-refractivity contribution >= 4 is 38.7 Å². The summed E-state index contributed by atoms with van der Waals surface area (Å²) >= 11 is 5.96. The maximum atomic E-state index is 12.8. The van der Waals surface area contributed by atoms with E-state index in [1.165, 1.54) is 12.1 Å². The van der Waals surface area contributed by atoms with Crippen molar-refractivity contribution in [3.63, 3.8) is 0 Å². The van der Waals surface area contributed by atoms with Crippen molar-refractivity contribution in [1.29, 1.82) is 0 Å². The van der Waals surface area contributed by atoms with Crippen LogP contribution in [0.5, 0.6) is 0 Å². The molecule has 2 rings (SSSR count). The highest BCUT2D eigenvalue weighted by atomic mass is 35.5. The van der Waals surface area contributed by atoms with E-state index >= 15 is 0 Å².